The fourth-order valence-corrected chi connectivity index (χ4v) is 3.64. The quantitative estimate of drug-likeness (QED) is 0.870. The lowest BCUT2D eigenvalue weighted by Crippen LogP contribution is -2.15. The van der Waals surface area contributed by atoms with Gasteiger partial charge in [0.05, 0.1) is 29.9 Å². The molecule has 1 aromatic carbocycles. The summed E-state index contributed by atoms with van der Waals surface area (Å²) in [5.41, 5.74) is 8.01. The molecule has 0 aliphatic rings. The molecule has 1 heterocycles. The van der Waals surface area contributed by atoms with Crippen LogP contribution in [0, 0.1) is 13.8 Å². The van der Waals surface area contributed by atoms with Crippen LogP contribution in [0.1, 0.15) is 27.1 Å². The van der Waals surface area contributed by atoms with Gasteiger partial charge in [-0.3, -0.25) is 0 Å². The number of aromatic nitrogens is 1. The molecule has 1 aromatic heterocycles. The molecule has 0 spiro atoms. The SMILES string of the molecule is COc1ccc(CC(CN)c2nc(C)c(C)s2)c(Cl)c1OC. The van der Waals surface area contributed by atoms with Crippen LogP contribution in [0.25, 0.3) is 0 Å². The van der Waals surface area contributed by atoms with Crippen LogP contribution in [0.2, 0.25) is 5.02 Å². The van der Waals surface area contributed by atoms with Gasteiger partial charge in [-0.05, 0) is 31.9 Å². The minimum Gasteiger partial charge on any atom is -0.493 e. The van der Waals surface area contributed by atoms with E-state index in [1.807, 2.05) is 19.1 Å². The first-order valence-corrected chi connectivity index (χ1v) is 8.24. The van der Waals surface area contributed by atoms with Gasteiger partial charge >= 0.3 is 0 Å². The topological polar surface area (TPSA) is 57.4 Å². The molecule has 2 aromatic rings. The smallest absolute Gasteiger partial charge is 0.179 e. The van der Waals surface area contributed by atoms with Crippen molar-refractivity contribution >= 4 is 22.9 Å². The Balaban J connectivity index is 2.32. The monoisotopic (exact) mass is 340 g/mol. The van der Waals surface area contributed by atoms with Crippen LogP contribution < -0.4 is 15.2 Å². The minimum absolute atomic E-state index is 0.146. The molecule has 0 amide bonds. The Kier molecular flexibility index (Phi) is 5.67. The van der Waals surface area contributed by atoms with Crippen LogP contribution >= 0.6 is 22.9 Å². The summed E-state index contributed by atoms with van der Waals surface area (Å²) >= 11 is 8.15. The number of methoxy groups -OCH3 is 2. The molecule has 22 heavy (non-hydrogen) atoms. The normalized spacial score (nSPS) is 12.3. The molecule has 1 unspecified atom stereocenters. The van der Waals surface area contributed by atoms with E-state index in [0.717, 1.165) is 22.7 Å². The first-order chi connectivity index (χ1) is 10.5. The Hall–Kier alpha value is -1.30. The number of ether oxygens (including phenoxy) is 2. The third kappa shape index (κ3) is 3.37. The summed E-state index contributed by atoms with van der Waals surface area (Å²) in [6, 6.07) is 3.83. The maximum atomic E-state index is 6.46. The van der Waals surface area contributed by atoms with Gasteiger partial charge in [0.15, 0.2) is 11.5 Å². The number of hydrogen-bond acceptors (Lipinski definition) is 5. The molecule has 6 heteroatoms. The van der Waals surface area contributed by atoms with Gasteiger partial charge in [0, 0.05) is 17.3 Å². The highest BCUT2D eigenvalue weighted by molar-refractivity contribution is 7.11. The van der Waals surface area contributed by atoms with E-state index in [1.165, 1.54) is 4.88 Å². The average molecular weight is 341 g/mol. The summed E-state index contributed by atoms with van der Waals surface area (Å²) < 4.78 is 10.6. The average Bonchev–Trinajstić information content (AvgIpc) is 2.84. The number of benzene rings is 1. The Morgan fingerprint density at radius 2 is 2.00 bits per heavy atom. The van der Waals surface area contributed by atoms with Crippen molar-refractivity contribution in [1.29, 1.82) is 0 Å². The van der Waals surface area contributed by atoms with Crippen molar-refractivity contribution in [3.05, 3.63) is 38.3 Å². The molecular formula is C16H21ClN2O2S. The van der Waals surface area contributed by atoms with E-state index in [2.05, 4.69) is 11.9 Å². The molecule has 0 bridgehead atoms. The third-order valence-electron chi connectivity index (χ3n) is 3.71. The van der Waals surface area contributed by atoms with E-state index in [9.17, 15) is 0 Å². The summed E-state index contributed by atoms with van der Waals surface area (Å²) in [5, 5.41) is 1.63. The molecule has 0 saturated heterocycles. The van der Waals surface area contributed by atoms with Crippen LogP contribution in [-0.4, -0.2) is 25.7 Å². The molecule has 0 radical (unpaired) electrons. The molecule has 2 rings (SSSR count). The first kappa shape index (κ1) is 17.1. The van der Waals surface area contributed by atoms with Crippen molar-refractivity contribution in [2.45, 2.75) is 26.2 Å². The second kappa shape index (κ2) is 7.31. The predicted molar refractivity (Wildman–Crippen MR) is 91.6 cm³/mol. The van der Waals surface area contributed by atoms with Crippen molar-refractivity contribution in [2.75, 3.05) is 20.8 Å². The fourth-order valence-electron chi connectivity index (χ4n) is 2.30. The summed E-state index contributed by atoms with van der Waals surface area (Å²) in [6.07, 6.45) is 0.724. The van der Waals surface area contributed by atoms with Crippen molar-refractivity contribution in [2.24, 2.45) is 5.73 Å². The van der Waals surface area contributed by atoms with Gasteiger partial charge in [-0.25, -0.2) is 4.98 Å². The largest absolute Gasteiger partial charge is 0.493 e. The number of rotatable bonds is 6. The Morgan fingerprint density at radius 3 is 2.50 bits per heavy atom. The van der Waals surface area contributed by atoms with Crippen LogP contribution in [0.3, 0.4) is 0 Å². The van der Waals surface area contributed by atoms with Crippen LogP contribution in [0.5, 0.6) is 11.5 Å². The van der Waals surface area contributed by atoms with E-state index in [4.69, 9.17) is 26.8 Å². The van der Waals surface area contributed by atoms with E-state index in [1.54, 1.807) is 25.6 Å². The van der Waals surface area contributed by atoms with Gasteiger partial charge in [-0.15, -0.1) is 11.3 Å². The third-order valence-corrected chi connectivity index (χ3v) is 5.36. The fraction of sp³-hybridized carbons (Fsp3) is 0.438. The van der Waals surface area contributed by atoms with Crippen molar-refractivity contribution in [1.82, 2.24) is 4.98 Å². The van der Waals surface area contributed by atoms with Crippen molar-refractivity contribution in [3.8, 4) is 11.5 Å². The van der Waals surface area contributed by atoms with Crippen LogP contribution in [0.4, 0.5) is 0 Å². The molecule has 1 atom stereocenters. The zero-order valence-corrected chi connectivity index (χ0v) is 14.8. The lowest BCUT2D eigenvalue weighted by molar-refractivity contribution is 0.354. The number of hydrogen-bond donors (Lipinski definition) is 1. The number of thiazole rings is 1. The highest BCUT2D eigenvalue weighted by Crippen LogP contribution is 2.39. The van der Waals surface area contributed by atoms with Gasteiger partial charge in [0.1, 0.15) is 0 Å². The zero-order chi connectivity index (χ0) is 16.3. The second-order valence-corrected chi connectivity index (χ2v) is 6.72. The van der Waals surface area contributed by atoms with Crippen molar-refractivity contribution in [3.63, 3.8) is 0 Å². The Bertz CT molecular complexity index is 638. The molecule has 0 aliphatic heterocycles. The molecule has 0 saturated carbocycles. The van der Waals surface area contributed by atoms with Gasteiger partial charge in [0.25, 0.3) is 0 Å². The lowest BCUT2D eigenvalue weighted by atomic mass is 9.99. The number of aryl methyl sites for hydroxylation is 2. The zero-order valence-electron chi connectivity index (χ0n) is 13.3. The van der Waals surface area contributed by atoms with Crippen molar-refractivity contribution < 1.29 is 9.47 Å². The molecule has 120 valence electrons. The minimum atomic E-state index is 0.146. The molecule has 2 N–H and O–H groups in total. The van der Waals surface area contributed by atoms with E-state index < -0.39 is 0 Å². The first-order valence-electron chi connectivity index (χ1n) is 7.05. The predicted octanol–water partition coefficient (Wildman–Crippen LogP) is 3.72. The molecular weight excluding hydrogens is 320 g/mol. The molecule has 0 aliphatic carbocycles. The second-order valence-electron chi connectivity index (χ2n) is 5.10. The number of halogens is 1. The standard InChI is InChI=1S/C16H21ClN2O2S/c1-9-10(2)22-16(19-9)12(8-18)7-11-5-6-13(20-3)15(21-4)14(11)17/h5-6,12H,7-8,18H2,1-4H3. The maximum Gasteiger partial charge on any atom is 0.179 e. The number of nitrogens with two attached hydrogens (primary N) is 1. The van der Waals surface area contributed by atoms with Gasteiger partial charge in [-0.2, -0.15) is 0 Å². The van der Waals surface area contributed by atoms with Gasteiger partial charge < -0.3 is 15.2 Å². The highest BCUT2D eigenvalue weighted by Gasteiger charge is 2.20. The van der Waals surface area contributed by atoms with Gasteiger partial charge in [0.2, 0.25) is 0 Å². The molecule has 0 fully saturated rings. The van der Waals surface area contributed by atoms with E-state index in [0.29, 0.717) is 23.1 Å². The highest BCUT2D eigenvalue weighted by atomic mass is 35.5. The van der Waals surface area contributed by atoms with Crippen LogP contribution in [0.15, 0.2) is 12.1 Å². The summed E-state index contributed by atoms with van der Waals surface area (Å²) in [4.78, 5) is 5.85. The van der Waals surface area contributed by atoms with Crippen LogP contribution in [-0.2, 0) is 6.42 Å². The van der Waals surface area contributed by atoms with Gasteiger partial charge in [-0.1, -0.05) is 17.7 Å². The Labute approximate surface area is 140 Å². The lowest BCUT2D eigenvalue weighted by Gasteiger charge is -2.16. The summed E-state index contributed by atoms with van der Waals surface area (Å²) in [5.74, 6) is 1.33. The van der Waals surface area contributed by atoms with E-state index >= 15 is 0 Å². The molecule has 4 nitrogen and oxygen atoms in total. The maximum absolute atomic E-state index is 6.46. The summed E-state index contributed by atoms with van der Waals surface area (Å²) in [6.45, 7) is 4.62. The number of nitrogens with zero attached hydrogens (tertiary/aromatic N) is 1. The Morgan fingerprint density at radius 1 is 1.27 bits per heavy atom. The van der Waals surface area contributed by atoms with E-state index in [-0.39, 0.29) is 5.92 Å². The summed E-state index contributed by atoms with van der Waals surface area (Å²) in [7, 11) is 3.18.